The summed E-state index contributed by atoms with van der Waals surface area (Å²) in [6, 6.07) is 14.0. The van der Waals surface area contributed by atoms with Gasteiger partial charge in [-0.05, 0) is 28.5 Å². The maximum Gasteiger partial charge on any atom is 0.188 e. The van der Waals surface area contributed by atoms with Crippen LogP contribution in [0.1, 0.15) is 11.2 Å². The van der Waals surface area contributed by atoms with Gasteiger partial charge in [-0.3, -0.25) is 0 Å². The monoisotopic (exact) mass is 230 g/mol. The van der Waals surface area contributed by atoms with Crippen LogP contribution < -0.4 is 0 Å². The molecular formula is C13H10O2S. The van der Waals surface area contributed by atoms with Crippen LogP contribution in [-0.4, -0.2) is 10.2 Å². The zero-order valence-electron chi connectivity index (χ0n) is 8.42. The Morgan fingerprint density at radius 3 is 2.62 bits per heavy atom. The van der Waals surface area contributed by atoms with Crippen molar-refractivity contribution in [2.45, 2.75) is 6.29 Å². The lowest BCUT2D eigenvalue weighted by molar-refractivity contribution is -0.0396. The van der Waals surface area contributed by atoms with Crippen molar-refractivity contribution < 1.29 is 10.2 Å². The number of benzene rings is 1. The molecule has 0 radical (unpaired) electrons. The van der Waals surface area contributed by atoms with Crippen molar-refractivity contribution in [2.75, 3.05) is 0 Å². The molecule has 0 saturated heterocycles. The number of aliphatic hydroxyl groups is 2. The fourth-order valence-corrected chi connectivity index (χ4v) is 2.91. The molecule has 2 aliphatic rings. The molecule has 2 N–H and O–H groups in total. The molecule has 16 heavy (non-hydrogen) atoms. The van der Waals surface area contributed by atoms with Gasteiger partial charge in [-0.1, -0.05) is 30.3 Å². The van der Waals surface area contributed by atoms with Crippen molar-refractivity contribution in [3.05, 3.63) is 47.3 Å². The summed E-state index contributed by atoms with van der Waals surface area (Å²) in [6.07, 6.45) is -1.38. The Labute approximate surface area is 96.7 Å². The van der Waals surface area contributed by atoms with E-state index in [4.69, 9.17) is 10.2 Å². The normalized spacial score (nSPS) is 11.7. The highest BCUT2D eigenvalue weighted by atomic mass is 32.1. The van der Waals surface area contributed by atoms with Crippen LogP contribution in [0.15, 0.2) is 42.5 Å². The lowest BCUT2D eigenvalue weighted by atomic mass is 10.1. The first kappa shape index (κ1) is 9.78. The third-order valence-electron chi connectivity index (χ3n) is 2.70. The van der Waals surface area contributed by atoms with Crippen molar-refractivity contribution in [3.63, 3.8) is 0 Å². The van der Waals surface area contributed by atoms with E-state index in [0.717, 1.165) is 4.88 Å². The van der Waals surface area contributed by atoms with Crippen LogP contribution in [0.25, 0.3) is 21.2 Å². The van der Waals surface area contributed by atoms with E-state index in [-0.39, 0.29) is 0 Å². The number of rotatable bonds is 1. The topological polar surface area (TPSA) is 40.5 Å². The lowest BCUT2D eigenvalue weighted by Crippen LogP contribution is -1.91. The summed E-state index contributed by atoms with van der Waals surface area (Å²) < 4.78 is 0. The van der Waals surface area contributed by atoms with Gasteiger partial charge in [-0.2, -0.15) is 0 Å². The second-order valence-corrected chi connectivity index (χ2v) is 4.84. The third kappa shape index (κ3) is 1.41. The molecule has 0 amide bonds. The first-order chi connectivity index (χ1) is 7.75. The number of aliphatic hydroxyl groups excluding tert-OH is 1. The van der Waals surface area contributed by atoms with E-state index < -0.39 is 6.29 Å². The van der Waals surface area contributed by atoms with E-state index in [1.54, 1.807) is 6.07 Å². The zero-order chi connectivity index (χ0) is 11.1. The average molecular weight is 230 g/mol. The quantitative estimate of drug-likeness (QED) is 0.631. The van der Waals surface area contributed by atoms with E-state index in [1.165, 1.54) is 27.7 Å². The summed E-state index contributed by atoms with van der Waals surface area (Å²) in [6.45, 7) is 0. The predicted octanol–water partition coefficient (Wildman–Crippen LogP) is 2.99. The van der Waals surface area contributed by atoms with Crippen molar-refractivity contribution in [1.29, 1.82) is 0 Å². The summed E-state index contributed by atoms with van der Waals surface area (Å²) in [7, 11) is 0. The molecule has 3 rings (SSSR count). The van der Waals surface area contributed by atoms with Gasteiger partial charge in [0.15, 0.2) is 6.29 Å². The molecule has 1 aromatic rings. The molecule has 0 unspecified atom stereocenters. The Kier molecular flexibility index (Phi) is 2.17. The van der Waals surface area contributed by atoms with Crippen molar-refractivity contribution in [3.8, 4) is 10.4 Å². The molecule has 1 aliphatic heterocycles. The summed E-state index contributed by atoms with van der Waals surface area (Å²) in [5.41, 5.74) is 1.17. The van der Waals surface area contributed by atoms with Crippen LogP contribution in [0.3, 0.4) is 0 Å². The van der Waals surface area contributed by atoms with Crippen LogP contribution in [0, 0.1) is 0 Å². The Morgan fingerprint density at radius 1 is 1.00 bits per heavy atom. The van der Waals surface area contributed by atoms with Gasteiger partial charge < -0.3 is 10.2 Å². The standard InChI is InChI=1S/C13H10O2S/c14-13(15)11-6-5-10-9-4-2-1-3-8(9)7-12(10)16-11/h1-7,13-15H. The second kappa shape index (κ2) is 3.56. The Hall–Kier alpha value is -1.42. The zero-order valence-corrected chi connectivity index (χ0v) is 9.24. The highest BCUT2D eigenvalue weighted by molar-refractivity contribution is 7.15. The Balaban J connectivity index is 2.32. The Morgan fingerprint density at radius 2 is 1.81 bits per heavy atom. The molecule has 1 aromatic carbocycles. The molecule has 0 saturated carbocycles. The summed E-state index contributed by atoms with van der Waals surface area (Å²) in [5, 5.41) is 20.7. The van der Waals surface area contributed by atoms with E-state index >= 15 is 0 Å². The maximum atomic E-state index is 9.12. The molecule has 0 bridgehead atoms. The molecule has 80 valence electrons. The van der Waals surface area contributed by atoms with Gasteiger partial charge in [0, 0.05) is 4.88 Å². The first-order valence-electron chi connectivity index (χ1n) is 5.03. The third-order valence-corrected chi connectivity index (χ3v) is 3.84. The highest BCUT2D eigenvalue weighted by Gasteiger charge is 2.12. The summed E-state index contributed by atoms with van der Waals surface area (Å²) in [5.74, 6) is 0. The lowest BCUT2D eigenvalue weighted by Gasteiger charge is -2.05. The van der Waals surface area contributed by atoms with Crippen LogP contribution in [0.5, 0.6) is 0 Å². The van der Waals surface area contributed by atoms with Crippen LogP contribution in [-0.2, 0) is 0 Å². The van der Waals surface area contributed by atoms with E-state index in [9.17, 15) is 0 Å². The van der Waals surface area contributed by atoms with Crippen LogP contribution in [0.4, 0.5) is 0 Å². The SMILES string of the molecule is OC(O)c1ccc2c3ccccc3cc-2s1. The fraction of sp³-hybridized carbons (Fsp3) is 0.0769. The number of fused-ring (bicyclic) bond motifs is 3. The second-order valence-electron chi connectivity index (χ2n) is 3.72. The van der Waals surface area contributed by atoms with Gasteiger partial charge in [-0.25, -0.2) is 0 Å². The maximum absolute atomic E-state index is 9.12. The molecule has 0 aromatic heterocycles. The van der Waals surface area contributed by atoms with E-state index in [1.807, 2.05) is 18.2 Å². The highest BCUT2D eigenvalue weighted by Crippen LogP contribution is 2.38. The molecule has 1 aliphatic carbocycles. The van der Waals surface area contributed by atoms with Gasteiger partial charge >= 0.3 is 0 Å². The molecule has 2 nitrogen and oxygen atoms in total. The Bertz CT molecular complexity index is 612. The number of hydrogen-bond donors (Lipinski definition) is 2. The fourth-order valence-electron chi connectivity index (χ4n) is 1.94. The smallest absolute Gasteiger partial charge is 0.188 e. The van der Waals surface area contributed by atoms with Crippen molar-refractivity contribution in [1.82, 2.24) is 0 Å². The van der Waals surface area contributed by atoms with Gasteiger partial charge in [0.25, 0.3) is 0 Å². The van der Waals surface area contributed by atoms with Gasteiger partial charge in [-0.15, -0.1) is 11.3 Å². The predicted molar refractivity (Wildman–Crippen MR) is 65.6 cm³/mol. The molecule has 1 heterocycles. The molecular weight excluding hydrogens is 220 g/mol. The summed E-state index contributed by atoms with van der Waals surface area (Å²) in [4.78, 5) is 1.66. The first-order valence-corrected chi connectivity index (χ1v) is 5.85. The van der Waals surface area contributed by atoms with Crippen LogP contribution in [0.2, 0.25) is 0 Å². The number of hydrogen-bond acceptors (Lipinski definition) is 3. The minimum absolute atomic E-state index is 0.572. The van der Waals surface area contributed by atoms with Gasteiger partial charge in [0.1, 0.15) is 0 Å². The molecule has 3 heteroatoms. The average Bonchev–Trinajstić information content (AvgIpc) is 2.66. The van der Waals surface area contributed by atoms with Gasteiger partial charge in [0.2, 0.25) is 0 Å². The van der Waals surface area contributed by atoms with Gasteiger partial charge in [0.05, 0.1) is 4.88 Å². The molecule has 0 atom stereocenters. The van der Waals surface area contributed by atoms with E-state index in [0.29, 0.717) is 4.88 Å². The van der Waals surface area contributed by atoms with Crippen molar-refractivity contribution >= 4 is 22.1 Å². The summed E-state index contributed by atoms with van der Waals surface area (Å²) >= 11 is 1.42. The van der Waals surface area contributed by atoms with E-state index in [2.05, 4.69) is 18.2 Å². The van der Waals surface area contributed by atoms with Crippen LogP contribution >= 0.6 is 11.3 Å². The minimum atomic E-state index is -1.38. The molecule has 0 fully saturated rings. The largest absolute Gasteiger partial charge is 0.364 e. The van der Waals surface area contributed by atoms with Crippen molar-refractivity contribution in [2.24, 2.45) is 0 Å². The minimum Gasteiger partial charge on any atom is -0.364 e. The molecule has 0 spiro atoms.